The van der Waals surface area contributed by atoms with Crippen LogP contribution in [0.25, 0.3) is 23.0 Å². The van der Waals surface area contributed by atoms with Crippen LogP contribution in [-0.2, 0) is 11.3 Å². The lowest BCUT2D eigenvalue weighted by Gasteiger charge is -2.14. The zero-order valence-electron chi connectivity index (χ0n) is 22.3. The summed E-state index contributed by atoms with van der Waals surface area (Å²) in [6, 6.07) is 26.0. The molecule has 1 amide bonds. The first-order valence-corrected chi connectivity index (χ1v) is 14.3. The first-order valence-electron chi connectivity index (χ1n) is 13.1. The summed E-state index contributed by atoms with van der Waals surface area (Å²) in [5.41, 5.74) is 5.64. The van der Waals surface area contributed by atoms with Crippen LogP contribution in [0.15, 0.2) is 90.0 Å². The van der Waals surface area contributed by atoms with Gasteiger partial charge in [0.15, 0.2) is 0 Å². The number of carbonyl (C=O) groups is 1. The summed E-state index contributed by atoms with van der Waals surface area (Å²) in [6.45, 7) is 7.59. The fraction of sp³-hybridized carbons (Fsp3) is 0.219. The predicted octanol–water partition coefficient (Wildman–Crippen LogP) is 7.67. The molecule has 0 atom stereocenters. The van der Waals surface area contributed by atoms with Crippen molar-refractivity contribution < 1.29 is 9.53 Å². The normalized spacial score (nSPS) is 14.6. The topological polar surface area (TPSA) is 47.4 Å². The second-order valence-electron chi connectivity index (χ2n) is 9.98. The molecule has 1 saturated heterocycles. The van der Waals surface area contributed by atoms with Gasteiger partial charge in [-0.3, -0.25) is 9.69 Å². The zero-order chi connectivity index (χ0) is 27.4. The van der Waals surface area contributed by atoms with Gasteiger partial charge in [-0.2, -0.15) is 5.10 Å². The number of carbonyl (C=O) groups excluding carboxylic acids is 1. The summed E-state index contributed by atoms with van der Waals surface area (Å²) in [4.78, 5) is 15.7. The van der Waals surface area contributed by atoms with E-state index < -0.39 is 0 Å². The van der Waals surface area contributed by atoms with Crippen molar-refractivity contribution in [2.75, 3.05) is 6.61 Å². The van der Waals surface area contributed by atoms with E-state index in [1.165, 1.54) is 11.8 Å². The Kier molecular flexibility index (Phi) is 8.29. The molecule has 3 aromatic carbocycles. The molecule has 4 aromatic rings. The average Bonchev–Trinajstić information content (AvgIpc) is 3.47. The fourth-order valence-corrected chi connectivity index (χ4v) is 5.58. The molecule has 5 rings (SSSR count). The third kappa shape index (κ3) is 6.32. The number of nitrogens with zero attached hydrogens (tertiary/aromatic N) is 3. The minimum absolute atomic E-state index is 0.0858. The number of rotatable bonds is 9. The van der Waals surface area contributed by atoms with Crippen LogP contribution in [0.4, 0.5) is 0 Å². The number of benzene rings is 3. The average molecular weight is 554 g/mol. The van der Waals surface area contributed by atoms with E-state index in [0.29, 0.717) is 28.3 Å². The maximum absolute atomic E-state index is 13.4. The van der Waals surface area contributed by atoms with Crippen LogP contribution in [-0.4, -0.2) is 31.5 Å². The Hall–Kier alpha value is -3.68. The van der Waals surface area contributed by atoms with Gasteiger partial charge >= 0.3 is 0 Å². The summed E-state index contributed by atoms with van der Waals surface area (Å²) < 4.78 is 8.45. The highest BCUT2D eigenvalue weighted by Gasteiger charge is 2.32. The summed E-state index contributed by atoms with van der Waals surface area (Å²) in [5.74, 6) is 1.39. The number of amides is 1. The molecule has 0 N–H and O–H groups in total. The molecule has 0 radical (unpaired) electrons. The maximum atomic E-state index is 13.4. The molecule has 1 aliphatic rings. The summed E-state index contributed by atoms with van der Waals surface area (Å²) in [6.07, 6.45) is 4.89. The van der Waals surface area contributed by atoms with Crippen molar-refractivity contribution in [2.24, 2.45) is 5.92 Å². The molecule has 0 unspecified atom stereocenters. The molecular weight excluding hydrogens is 523 g/mol. The number of hydrogen-bond donors (Lipinski definition) is 0. The van der Waals surface area contributed by atoms with Gasteiger partial charge in [0, 0.05) is 17.3 Å². The molecule has 5 nitrogen and oxygen atoms in total. The molecule has 0 saturated carbocycles. The Morgan fingerprint density at radius 3 is 2.44 bits per heavy atom. The van der Waals surface area contributed by atoms with Crippen LogP contribution in [0.3, 0.4) is 0 Å². The quantitative estimate of drug-likeness (QED) is 0.157. The van der Waals surface area contributed by atoms with Crippen LogP contribution in [0.5, 0.6) is 5.75 Å². The molecular formula is C32H31N3O2S2. The number of hydrogen-bond acceptors (Lipinski definition) is 5. The van der Waals surface area contributed by atoms with E-state index in [1.807, 2.05) is 89.8 Å². The fourth-order valence-electron chi connectivity index (χ4n) is 4.34. The van der Waals surface area contributed by atoms with Gasteiger partial charge in [-0.05, 0) is 66.8 Å². The van der Waals surface area contributed by atoms with Crippen LogP contribution < -0.4 is 4.74 Å². The van der Waals surface area contributed by atoms with Crippen molar-refractivity contribution >= 4 is 40.3 Å². The zero-order valence-corrected chi connectivity index (χ0v) is 24.0. The molecule has 198 valence electrons. The van der Waals surface area contributed by atoms with Crippen molar-refractivity contribution in [2.45, 2.75) is 33.7 Å². The number of ether oxygens (including phenoxy) is 1. The largest absolute Gasteiger partial charge is 0.493 e. The highest BCUT2D eigenvalue weighted by molar-refractivity contribution is 8.26. The third-order valence-electron chi connectivity index (χ3n) is 6.51. The van der Waals surface area contributed by atoms with Gasteiger partial charge in [-0.25, -0.2) is 4.68 Å². The van der Waals surface area contributed by atoms with Crippen LogP contribution in [0.2, 0.25) is 0 Å². The molecule has 1 fully saturated rings. The molecule has 0 aliphatic carbocycles. The summed E-state index contributed by atoms with van der Waals surface area (Å²) in [7, 11) is 0. The van der Waals surface area contributed by atoms with E-state index in [4.69, 9.17) is 22.1 Å². The smallest absolute Gasteiger partial charge is 0.266 e. The lowest BCUT2D eigenvalue weighted by molar-refractivity contribution is -0.122. The Balaban J connectivity index is 1.48. The van der Waals surface area contributed by atoms with Gasteiger partial charge < -0.3 is 4.74 Å². The van der Waals surface area contributed by atoms with E-state index in [9.17, 15) is 4.79 Å². The molecule has 2 heterocycles. The number of thioether (sulfide) groups is 1. The number of aryl methyl sites for hydroxylation is 1. The standard InChI is InChI=1S/C32H31N3O2S2/c1-22(2)16-17-37-28-15-14-25(18-23(28)3)30-26(21-35(33-30)27-12-8-5-9-13-27)19-29-31(36)34(32(38)39-29)20-24-10-6-4-7-11-24/h4-15,18-19,21-22H,16-17,20H2,1-3H3. The maximum Gasteiger partial charge on any atom is 0.266 e. The second kappa shape index (κ2) is 12.0. The van der Waals surface area contributed by atoms with Gasteiger partial charge in [-0.1, -0.05) is 86.4 Å². The Labute approximate surface area is 239 Å². The third-order valence-corrected chi connectivity index (χ3v) is 7.89. The van der Waals surface area contributed by atoms with Gasteiger partial charge in [0.05, 0.1) is 23.7 Å². The first-order chi connectivity index (χ1) is 18.9. The van der Waals surface area contributed by atoms with Crippen LogP contribution in [0.1, 0.15) is 37.0 Å². The van der Waals surface area contributed by atoms with Gasteiger partial charge in [-0.15, -0.1) is 0 Å². The van der Waals surface area contributed by atoms with E-state index in [1.54, 1.807) is 4.90 Å². The summed E-state index contributed by atoms with van der Waals surface area (Å²) >= 11 is 6.93. The Bertz CT molecular complexity index is 1510. The minimum Gasteiger partial charge on any atom is -0.493 e. The lowest BCUT2D eigenvalue weighted by atomic mass is 10.0. The van der Waals surface area contributed by atoms with Gasteiger partial charge in [0.25, 0.3) is 5.91 Å². The van der Waals surface area contributed by atoms with Crippen molar-refractivity contribution in [1.29, 1.82) is 0 Å². The lowest BCUT2D eigenvalue weighted by Crippen LogP contribution is -2.27. The SMILES string of the molecule is Cc1cc(-c2nn(-c3ccccc3)cc2C=C2SC(=S)N(Cc3ccccc3)C2=O)ccc1OCCC(C)C. The van der Waals surface area contributed by atoms with Crippen molar-refractivity contribution in [3.63, 3.8) is 0 Å². The van der Waals surface area contributed by atoms with Gasteiger partial charge in [0.1, 0.15) is 15.8 Å². The Morgan fingerprint density at radius 2 is 1.74 bits per heavy atom. The minimum atomic E-state index is -0.0858. The first kappa shape index (κ1) is 26.9. The second-order valence-corrected chi connectivity index (χ2v) is 11.7. The molecule has 39 heavy (non-hydrogen) atoms. The summed E-state index contributed by atoms with van der Waals surface area (Å²) in [5, 5.41) is 4.94. The van der Waals surface area contributed by atoms with E-state index >= 15 is 0 Å². The van der Waals surface area contributed by atoms with Crippen molar-refractivity contribution in [1.82, 2.24) is 14.7 Å². The highest BCUT2D eigenvalue weighted by atomic mass is 32.2. The van der Waals surface area contributed by atoms with Crippen molar-refractivity contribution in [3.05, 3.63) is 107 Å². The number of thiocarbonyl (C=S) groups is 1. The number of aromatic nitrogens is 2. The highest BCUT2D eigenvalue weighted by Crippen LogP contribution is 2.36. The number of para-hydroxylation sites is 1. The molecule has 0 spiro atoms. The molecule has 0 bridgehead atoms. The molecule has 7 heteroatoms. The molecule has 1 aromatic heterocycles. The Morgan fingerprint density at radius 1 is 1.03 bits per heavy atom. The van der Waals surface area contributed by atoms with Crippen molar-refractivity contribution in [3.8, 4) is 22.7 Å². The molecule has 1 aliphatic heterocycles. The monoisotopic (exact) mass is 553 g/mol. The van der Waals surface area contributed by atoms with Gasteiger partial charge in [0.2, 0.25) is 0 Å². The van der Waals surface area contributed by atoms with E-state index in [2.05, 4.69) is 26.8 Å². The van der Waals surface area contributed by atoms with Crippen LogP contribution in [0, 0.1) is 12.8 Å². The van der Waals surface area contributed by atoms with E-state index in [-0.39, 0.29) is 5.91 Å². The van der Waals surface area contributed by atoms with E-state index in [0.717, 1.165) is 45.8 Å². The van der Waals surface area contributed by atoms with Crippen LogP contribution >= 0.6 is 24.0 Å². The predicted molar refractivity (Wildman–Crippen MR) is 164 cm³/mol.